The molecule has 0 spiro atoms. The number of anilines is 1. The molecule has 1 aromatic carbocycles. The fourth-order valence-electron chi connectivity index (χ4n) is 1.64. The molecule has 2 rings (SSSR count). The molecule has 0 saturated heterocycles. The average Bonchev–Trinajstić information content (AvgIpc) is 2.33. The first kappa shape index (κ1) is 15.2. The molecule has 0 bridgehead atoms. The molecule has 0 amide bonds. The number of aromatic nitrogens is 1. The highest BCUT2D eigenvalue weighted by molar-refractivity contribution is 6.44. The fraction of sp³-hybridized carbons (Fsp3) is 0.0833. The van der Waals surface area contributed by atoms with Crippen molar-refractivity contribution in [3.63, 3.8) is 0 Å². The molecular formula is C12H6Cl3F3N2. The van der Waals surface area contributed by atoms with Gasteiger partial charge in [-0.25, -0.2) is 4.98 Å². The highest BCUT2D eigenvalue weighted by Crippen LogP contribution is 2.41. The molecule has 8 heteroatoms. The second-order valence-corrected chi connectivity index (χ2v) is 5.10. The van der Waals surface area contributed by atoms with E-state index in [1.165, 1.54) is 24.3 Å². The van der Waals surface area contributed by atoms with Crippen LogP contribution in [0.1, 0.15) is 5.69 Å². The largest absolute Gasteiger partial charge is 0.434 e. The van der Waals surface area contributed by atoms with E-state index in [0.29, 0.717) is 0 Å². The number of alkyl halides is 3. The van der Waals surface area contributed by atoms with E-state index in [0.717, 1.165) is 0 Å². The number of halogens is 6. The van der Waals surface area contributed by atoms with Crippen molar-refractivity contribution < 1.29 is 13.2 Å². The van der Waals surface area contributed by atoms with Crippen LogP contribution in [0.4, 0.5) is 19.0 Å². The van der Waals surface area contributed by atoms with Crippen molar-refractivity contribution in [2.75, 3.05) is 5.73 Å². The second kappa shape index (κ2) is 5.31. The van der Waals surface area contributed by atoms with Gasteiger partial charge in [-0.2, -0.15) is 13.2 Å². The van der Waals surface area contributed by atoms with Crippen molar-refractivity contribution in [2.24, 2.45) is 0 Å². The summed E-state index contributed by atoms with van der Waals surface area (Å²) in [6.45, 7) is 0. The average molecular weight is 342 g/mol. The fourth-order valence-corrected chi connectivity index (χ4v) is 2.29. The Kier molecular flexibility index (Phi) is 4.04. The predicted molar refractivity (Wildman–Crippen MR) is 74.1 cm³/mol. The minimum absolute atomic E-state index is 0.0384. The molecule has 0 saturated carbocycles. The molecule has 0 aliphatic carbocycles. The number of hydrogen-bond acceptors (Lipinski definition) is 2. The Bertz CT molecular complexity index is 672. The Morgan fingerprint density at radius 1 is 0.900 bits per heavy atom. The van der Waals surface area contributed by atoms with Gasteiger partial charge in [0.1, 0.15) is 5.82 Å². The first-order chi connectivity index (χ1) is 9.20. The summed E-state index contributed by atoms with van der Waals surface area (Å²) in [4.78, 5) is 3.33. The highest BCUT2D eigenvalue weighted by Gasteiger charge is 2.36. The van der Waals surface area contributed by atoms with Crippen LogP contribution in [0.2, 0.25) is 15.1 Å². The summed E-state index contributed by atoms with van der Waals surface area (Å²) >= 11 is 17.5. The third-order valence-corrected chi connectivity index (χ3v) is 3.52. The maximum atomic E-state index is 13.0. The first-order valence-corrected chi connectivity index (χ1v) is 6.32. The molecule has 0 fully saturated rings. The van der Waals surface area contributed by atoms with Crippen LogP contribution in [-0.4, -0.2) is 4.98 Å². The van der Waals surface area contributed by atoms with Crippen LogP contribution in [0.3, 0.4) is 0 Å². The maximum absolute atomic E-state index is 13.0. The summed E-state index contributed by atoms with van der Waals surface area (Å²) in [5.41, 5.74) is 4.05. The molecule has 1 aromatic heterocycles. The molecule has 1 heterocycles. The molecule has 2 nitrogen and oxygen atoms in total. The normalized spacial score (nSPS) is 11.7. The number of rotatable bonds is 1. The minimum Gasteiger partial charge on any atom is -0.384 e. The van der Waals surface area contributed by atoms with Gasteiger partial charge in [0.05, 0.1) is 15.1 Å². The summed E-state index contributed by atoms with van der Waals surface area (Å²) in [6.07, 6.45) is -4.67. The van der Waals surface area contributed by atoms with E-state index in [1.807, 2.05) is 0 Å². The number of nitrogens with zero attached hydrogens (tertiary/aromatic N) is 1. The number of nitrogens with two attached hydrogens (primary N) is 1. The molecule has 2 aromatic rings. The molecule has 0 radical (unpaired) electrons. The maximum Gasteiger partial charge on any atom is 0.434 e. The first-order valence-electron chi connectivity index (χ1n) is 5.19. The highest BCUT2D eigenvalue weighted by atomic mass is 35.5. The van der Waals surface area contributed by atoms with E-state index in [9.17, 15) is 13.2 Å². The van der Waals surface area contributed by atoms with Gasteiger partial charge in [-0.1, -0.05) is 34.8 Å². The van der Waals surface area contributed by atoms with Gasteiger partial charge >= 0.3 is 6.18 Å². The van der Waals surface area contributed by atoms with E-state index in [4.69, 9.17) is 40.5 Å². The van der Waals surface area contributed by atoms with Crippen LogP contribution in [0.25, 0.3) is 11.1 Å². The summed E-state index contributed by atoms with van der Waals surface area (Å²) in [7, 11) is 0. The summed E-state index contributed by atoms with van der Waals surface area (Å²) in [5.74, 6) is -0.239. The predicted octanol–water partition coefficient (Wildman–Crippen LogP) is 5.31. The quantitative estimate of drug-likeness (QED) is 0.714. The van der Waals surface area contributed by atoms with Crippen molar-refractivity contribution in [2.45, 2.75) is 6.18 Å². The van der Waals surface area contributed by atoms with Crippen LogP contribution >= 0.6 is 34.8 Å². The van der Waals surface area contributed by atoms with Gasteiger partial charge in [0.2, 0.25) is 0 Å². The van der Waals surface area contributed by atoms with Crippen molar-refractivity contribution in [3.05, 3.63) is 45.0 Å². The minimum atomic E-state index is -4.67. The lowest BCUT2D eigenvalue weighted by Gasteiger charge is -2.14. The zero-order valence-electron chi connectivity index (χ0n) is 9.60. The third-order valence-electron chi connectivity index (χ3n) is 2.49. The Labute approximate surface area is 127 Å². The number of hydrogen-bond donors (Lipinski definition) is 1. The van der Waals surface area contributed by atoms with Crippen molar-refractivity contribution >= 4 is 40.6 Å². The molecule has 20 heavy (non-hydrogen) atoms. The van der Waals surface area contributed by atoms with Gasteiger partial charge in [-0.05, 0) is 24.3 Å². The lowest BCUT2D eigenvalue weighted by molar-refractivity contribution is -0.140. The van der Waals surface area contributed by atoms with Crippen LogP contribution in [0, 0.1) is 0 Å². The molecular weight excluding hydrogens is 335 g/mol. The Hall–Kier alpha value is -1.17. The number of nitrogen functional groups attached to an aromatic ring is 1. The standard InChI is InChI=1S/C12H6Cl3F3N2/c13-7-4-9(15)8(14)3-6(7)5-1-2-10(19)20-11(5)12(16,17)18/h1-4H,(H2,19,20). The van der Waals surface area contributed by atoms with Gasteiger partial charge < -0.3 is 5.73 Å². The van der Waals surface area contributed by atoms with Gasteiger partial charge in [0, 0.05) is 11.1 Å². The van der Waals surface area contributed by atoms with Crippen LogP contribution in [0.15, 0.2) is 24.3 Å². The van der Waals surface area contributed by atoms with E-state index in [2.05, 4.69) is 4.98 Å². The lowest BCUT2D eigenvalue weighted by Crippen LogP contribution is -2.11. The summed E-state index contributed by atoms with van der Waals surface area (Å²) in [5, 5.41) is 0.282. The van der Waals surface area contributed by atoms with Gasteiger partial charge in [0.25, 0.3) is 0 Å². The van der Waals surface area contributed by atoms with Gasteiger partial charge in [-0.3, -0.25) is 0 Å². The van der Waals surface area contributed by atoms with Crippen molar-refractivity contribution in [3.8, 4) is 11.1 Å². The number of pyridine rings is 1. The molecule has 0 aliphatic rings. The zero-order valence-corrected chi connectivity index (χ0v) is 11.9. The van der Waals surface area contributed by atoms with E-state index in [1.54, 1.807) is 0 Å². The topological polar surface area (TPSA) is 38.9 Å². The van der Waals surface area contributed by atoms with E-state index in [-0.39, 0.29) is 32.0 Å². The summed E-state index contributed by atoms with van der Waals surface area (Å²) < 4.78 is 39.0. The van der Waals surface area contributed by atoms with Gasteiger partial charge in [-0.15, -0.1) is 0 Å². The molecule has 106 valence electrons. The van der Waals surface area contributed by atoms with Crippen LogP contribution in [-0.2, 0) is 6.18 Å². The van der Waals surface area contributed by atoms with Crippen LogP contribution in [0.5, 0.6) is 0 Å². The molecule has 0 aliphatic heterocycles. The van der Waals surface area contributed by atoms with Crippen molar-refractivity contribution in [1.82, 2.24) is 4.98 Å². The lowest BCUT2D eigenvalue weighted by atomic mass is 10.0. The Morgan fingerprint density at radius 3 is 2.10 bits per heavy atom. The summed E-state index contributed by atoms with van der Waals surface area (Å²) in [6, 6.07) is 4.98. The number of benzene rings is 1. The van der Waals surface area contributed by atoms with E-state index < -0.39 is 11.9 Å². The molecule has 0 unspecified atom stereocenters. The van der Waals surface area contributed by atoms with E-state index >= 15 is 0 Å². The monoisotopic (exact) mass is 340 g/mol. The SMILES string of the molecule is Nc1ccc(-c2cc(Cl)c(Cl)cc2Cl)c(C(F)(F)F)n1. The van der Waals surface area contributed by atoms with Crippen molar-refractivity contribution in [1.29, 1.82) is 0 Å². The van der Waals surface area contributed by atoms with Gasteiger partial charge in [0.15, 0.2) is 5.69 Å². The zero-order chi connectivity index (χ0) is 15.1. The molecule has 0 atom stereocenters. The Balaban J connectivity index is 2.73. The smallest absolute Gasteiger partial charge is 0.384 e. The van der Waals surface area contributed by atoms with Crippen LogP contribution < -0.4 is 5.73 Å². The third kappa shape index (κ3) is 2.95. The Morgan fingerprint density at radius 2 is 1.50 bits per heavy atom. The molecule has 2 N–H and O–H groups in total. The second-order valence-electron chi connectivity index (χ2n) is 3.88.